The van der Waals surface area contributed by atoms with Crippen molar-refractivity contribution in [2.75, 3.05) is 6.54 Å². The fourth-order valence-corrected chi connectivity index (χ4v) is 2.86. The van der Waals surface area contributed by atoms with Crippen LogP contribution in [0.25, 0.3) is 33.1 Å². The number of nitrogens with two attached hydrogens (primary N) is 1. The quantitative estimate of drug-likeness (QED) is 0.625. The van der Waals surface area contributed by atoms with E-state index in [1.165, 1.54) is 5.52 Å². The molecule has 0 saturated heterocycles. The smallest absolute Gasteiger partial charge is 0.160 e. The molecule has 0 aliphatic rings. The minimum atomic E-state index is 0.676. The highest BCUT2D eigenvalue weighted by Gasteiger charge is 2.13. The highest BCUT2D eigenvalue weighted by atomic mass is 15.1. The van der Waals surface area contributed by atoms with Gasteiger partial charge in [0.05, 0.1) is 16.6 Å². The van der Waals surface area contributed by atoms with Crippen molar-refractivity contribution in [2.45, 2.75) is 13.0 Å². The number of para-hydroxylation sites is 3. The molecule has 4 aromatic rings. The second-order valence-electron chi connectivity index (χ2n) is 5.20. The Morgan fingerprint density at radius 1 is 0.905 bits per heavy atom. The average molecular weight is 276 g/mol. The van der Waals surface area contributed by atoms with Gasteiger partial charge >= 0.3 is 0 Å². The van der Waals surface area contributed by atoms with E-state index < -0.39 is 0 Å². The summed E-state index contributed by atoms with van der Waals surface area (Å²) in [7, 11) is 0. The number of rotatable bonds is 3. The van der Waals surface area contributed by atoms with E-state index in [9.17, 15) is 0 Å². The van der Waals surface area contributed by atoms with E-state index in [0.29, 0.717) is 6.54 Å². The van der Waals surface area contributed by atoms with Gasteiger partial charge in [-0.2, -0.15) is 0 Å². The Labute approximate surface area is 122 Å². The molecule has 0 radical (unpaired) electrons. The van der Waals surface area contributed by atoms with Gasteiger partial charge in [-0.05, 0) is 31.2 Å². The lowest BCUT2D eigenvalue weighted by Crippen LogP contribution is -2.06. The van der Waals surface area contributed by atoms with Crippen molar-refractivity contribution >= 4 is 33.1 Å². The maximum atomic E-state index is 5.67. The molecule has 0 saturated carbocycles. The first kappa shape index (κ1) is 12.3. The highest BCUT2D eigenvalue weighted by Crippen LogP contribution is 2.28. The van der Waals surface area contributed by atoms with E-state index in [0.717, 1.165) is 40.5 Å². The summed E-state index contributed by atoms with van der Waals surface area (Å²) in [5.74, 6) is 0. The zero-order valence-corrected chi connectivity index (χ0v) is 11.7. The average Bonchev–Trinajstić information content (AvgIpc) is 2.84. The molecule has 0 amide bonds. The Kier molecular flexibility index (Phi) is 2.82. The van der Waals surface area contributed by atoms with E-state index in [1.54, 1.807) is 0 Å². The van der Waals surface area contributed by atoms with Crippen LogP contribution < -0.4 is 5.73 Å². The van der Waals surface area contributed by atoms with E-state index in [-0.39, 0.29) is 0 Å². The summed E-state index contributed by atoms with van der Waals surface area (Å²) >= 11 is 0. The van der Waals surface area contributed by atoms with Gasteiger partial charge in [0.25, 0.3) is 0 Å². The number of hydrogen-bond donors (Lipinski definition) is 1. The molecule has 21 heavy (non-hydrogen) atoms. The molecule has 0 atom stereocenters. The summed E-state index contributed by atoms with van der Waals surface area (Å²) in [6.07, 6.45) is 0.933. The summed E-state index contributed by atoms with van der Waals surface area (Å²) in [4.78, 5) is 9.65. The third-order valence-electron chi connectivity index (χ3n) is 3.84. The molecule has 0 unspecified atom stereocenters. The van der Waals surface area contributed by atoms with Crippen LogP contribution in [0.4, 0.5) is 0 Å². The van der Waals surface area contributed by atoms with Crippen LogP contribution in [0.15, 0.2) is 48.5 Å². The molecule has 0 aliphatic carbocycles. The summed E-state index contributed by atoms with van der Waals surface area (Å²) in [5.41, 5.74) is 10.6. The molecular weight excluding hydrogens is 260 g/mol. The van der Waals surface area contributed by atoms with Crippen molar-refractivity contribution in [2.24, 2.45) is 5.73 Å². The highest BCUT2D eigenvalue weighted by molar-refractivity contribution is 6.06. The van der Waals surface area contributed by atoms with Crippen LogP contribution in [0, 0.1) is 0 Å². The topological polar surface area (TPSA) is 56.7 Å². The number of nitrogens with zero attached hydrogens (tertiary/aromatic N) is 3. The molecule has 2 aromatic carbocycles. The Morgan fingerprint density at radius 3 is 2.43 bits per heavy atom. The molecule has 4 heteroatoms. The van der Waals surface area contributed by atoms with Crippen molar-refractivity contribution in [3.05, 3.63) is 48.5 Å². The van der Waals surface area contributed by atoms with Gasteiger partial charge in [0, 0.05) is 11.9 Å². The zero-order valence-electron chi connectivity index (χ0n) is 11.7. The summed E-state index contributed by atoms with van der Waals surface area (Å²) in [5, 5.41) is 1.16. The van der Waals surface area contributed by atoms with Gasteiger partial charge in [0.1, 0.15) is 5.52 Å². The van der Waals surface area contributed by atoms with Crippen LogP contribution in [0.2, 0.25) is 0 Å². The Hall–Kier alpha value is -2.46. The minimum Gasteiger partial charge on any atom is -0.330 e. The minimum absolute atomic E-state index is 0.676. The molecule has 104 valence electrons. The van der Waals surface area contributed by atoms with E-state index in [2.05, 4.69) is 22.8 Å². The second kappa shape index (κ2) is 4.82. The number of fused-ring (bicyclic) bond motifs is 4. The largest absolute Gasteiger partial charge is 0.330 e. The van der Waals surface area contributed by atoms with Gasteiger partial charge in [-0.3, -0.25) is 0 Å². The van der Waals surface area contributed by atoms with Gasteiger partial charge in [-0.1, -0.05) is 30.3 Å². The Balaban J connectivity index is 2.13. The van der Waals surface area contributed by atoms with Gasteiger partial charge in [-0.15, -0.1) is 0 Å². The molecule has 4 nitrogen and oxygen atoms in total. The number of aromatic nitrogens is 3. The molecule has 0 spiro atoms. The maximum Gasteiger partial charge on any atom is 0.160 e. The predicted molar refractivity (Wildman–Crippen MR) is 86.2 cm³/mol. The van der Waals surface area contributed by atoms with Gasteiger partial charge in [0.2, 0.25) is 0 Å². The van der Waals surface area contributed by atoms with Crippen LogP contribution in [0.5, 0.6) is 0 Å². The zero-order chi connectivity index (χ0) is 14.2. The predicted octanol–water partition coefficient (Wildman–Crippen LogP) is 3.09. The third-order valence-corrected chi connectivity index (χ3v) is 3.84. The number of hydrogen-bond acceptors (Lipinski definition) is 3. The fraction of sp³-hybridized carbons (Fsp3) is 0.176. The summed E-state index contributed by atoms with van der Waals surface area (Å²) in [6, 6.07) is 16.3. The first-order chi connectivity index (χ1) is 10.4. The van der Waals surface area contributed by atoms with Crippen molar-refractivity contribution in [3.63, 3.8) is 0 Å². The van der Waals surface area contributed by atoms with Crippen molar-refractivity contribution < 1.29 is 0 Å². The van der Waals surface area contributed by atoms with Crippen molar-refractivity contribution in [1.29, 1.82) is 0 Å². The SMILES string of the molecule is NCCCn1c2ccccc2c2nc3ccccc3nc21. The van der Waals surface area contributed by atoms with Crippen molar-refractivity contribution in [1.82, 2.24) is 14.5 Å². The van der Waals surface area contributed by atoms with Gasteiger partial charge in [-0.25, -0.2) is 9.97 Å². The van der Waals surface area contributed by atoms with Crippen molar-refractivity contribution in [3.8, 4) is 0 Å². The van der Waals surface area contributed by atoms with E-state index >= 15 is 0 Å². The van der Waals surface area contributed by atoms with Crippen LogP contribution in [0.1, 0.15) is 6.42 Å². The Bertz CT molecular complexity index is 939. The molecule has 0 fully saturated rings. The maximum absolute atomic E-state index is 5.67. The molecule has 0 bridgehead atoms. The lowest BCUT2D eigenvalue weighted by Gasteiger charge is -2.05. The molecular formula is C17H16N4. The standard InChI is InChI=1S/C17H16N4/c18-10-5-11-21-15-9-4-1-6-12(15)16-17(21)20-14-8-3-2-7-13(14)19-16/h1-4,6-9H,5,10-11,18H2. The molecule has 2 aromatic heterocycles. The third kappa shape index (κ3) is 1.87. The van der Waals surface area contributed by atoms with Crippen LogP contribution >= 0.6 is 0 Å². The Morgan fingerprint density at radius 2 is 1.62 bits per heavy atom. The molecule has 2 heterocycles. The van der Waals surface area contributed by atoms with E-state index in [1.807, 2.05) is 30.3 Å². The van der Waals surface area contributed by atoms with Crippen LogP contribution in [0.3, 0.4) is 0 Å². The molecule has 0 aliphatic heterocycles. The summed E-state index contributed by atoms with van der Waals surface area (Å²) in [6.45, 7) is 1.54. The number of aryl methyl sites for hydroxylation is 1. The normalized spacial score (nSPS) is 11.7. The first-order valence-corrected chi connectivity index (χ1v) is 7.22. The molecule has 2 N–H and O–H groups in total. The first-order valence-electron chi connectivity index (χ1n) is 7.22. The van der Waals surface area contributed by atoms with E-state index in [4.69, 9.17) is 15.7 Å². The lowest BCUT2D eigenvalue weighted by atomic mass is 10.2. The van der Waals surface area contributed by atoms with Gasteiger partial charge in [0.15, 0.2) is 5.65 Å². The monoisotopic (exact) mass is 276 g/mol. The molecule has 4 rings (SSSR count). The van der Waals surface area contributed by atoms with Crippen LogP contribution in [-0.4, -0.2) is 21.1 Å². The summed E-state index contributed by atoms with van der Waals surface area (Å²) < 4.78 is 2.23. The fourth-order valence-electron chi connectivity index (χ4n) is 2.86. The lowest BCUT2D eigenvalue weighted by molar-refractivity contribution is 0.683. The van der Waals surface area contributed by atoms with Crippen LogP contribution in [-0.2, 0) is 6.54 Å². The number of benzene rings is 2. The van der Waals surface area contributed by atoms with Gasteiger partial charge < -0.3 is 10.3 Å². The second-order valence-corrected chi connectivity index (χ2v) is 5.20.